The maximum atomic E-state index is 12.2. The number of amides is 2. The van der Waals surface area contributed by atoms with Gasteiger partial charge in [-0.15, -0.1) is 0 Å². The van der Waals surface area contributed by atoms with Gasteiger partial charge in [-0.2, -0.15) is 0 Å². The predicted octanol–water partition coefficient (Wildman–Crippen LogP) is 0.978. The number of carbonyl (C=O) groups excluding carboxylic acids is 2. The van der Waals surface area contributed by atoms with E-state index in [1.165, 1.54) is 24.9 Å². The molecule has 3 N–H and O–H groups in total. The Labute approximate surface area is 152 Å². The van der Waals surface area contributed by atoms with E-state index in [9.17, 15) is 18.0 Å². The monoisotopic (exact) mass is 387 g/mol. The van der Waals surface area contributed by atoms with Crippen LogP contribution in [0.1, 0.15) is 61.7 Å². The van der Waals surface area contributed by atoms with Crippen molar-refractivity contribution in [3.63, 3.8) is 0 Å². The molecule has 0 saturated heterocycles. The summed E-state index contributed by atoms with van der Waals surface area (Å²) in [4.78, 5) is 24.0. The Morgan fingerprint density at radius 1 is 1.35 bits per heavy atom. The van der Waals surface area contributed by atoms with Gasteiger partial charge in [0.25, 0.3) is 11.8 Å². The highest BCUT2D eigenvalue weighted by Gasteiger charge is 2.43. The first-order valence-corrected chi connectivity index (χ1v) is 10.5. The average molecular weight is 387 g/mol. The van der Waals surface area contributed by atoms with Gasteiger partial charge in [-0.3, -0.25) is 14.8 Å². The van der Waals surface area contributed by atoms with Crippen molar-refractivity contribution < 1.29 is 27.7 Å². The van der Waals surface area contributed by atoms with E-state index in [-0.39, 0.29) is 30.5 Å². The normalized spacial score (nSPS) is 18.1. The summed E-state index contributed by atoms with van der Waals surface area (Å²) >= 11 is 0. The molecular formula is C16H25N3O6S. The number of sulfone groups is 1. The van der Waals surface area contributed by atoms with E-state index in [1.54, 1.807) is 0 Å². The van der Waals surface area contributed by atoms with Crippen LogP contribution in [0.5, 0.6) is 0 Å². The van der Waals surface area contributed by atoms with Crippen LogP contribution in [0.3, 0.4) is 0 Å². The molecule has 9 nitrogen and oxygen atoms in total. The van der Waals surface area contributed by atoms with E-state index < -0.39 is 20.5 Å². The second-order valence-electron chi connectivity index (χ2n) is 6.93. The SMILES string of the molecule is CC(CCc1cc(C(=O)NC2CCCCC2)no1)(C(=O)NO)S(C)(=O)=O. The summed E-state index contributed by atoms with van der Waals surface area (Å²) < 4.78 is 27.1. The number of aryl methyl sites for hydroxylation is 1. The molecule has 0 bridgehead atoms. The van der Waals surface area contributed by atoms with Crippen LogP contribution in [0.4, 0.5) is 0 Å². The molecule has 2 amide bonds. The van der Waals surface area contributed by atoms with Crippen molar-refractivity contribution in [2.24, 2.45) is 0 Å². The van der Waals surface area contributed by atoms with Crippen LogP contribution in [0.2, 0.25) is 0 Å². The molecule has 1 heterocycles. The van der Waals surface area contributed by atoms with Crippen molar-refractivity contribution in [3.8, 4) is 0 Å². The highest BCUT2D eigenvalue weighted by Crippen LogP contribution is 2.24. The zero-order valence-electron chi connectivity index (χ0n) is 14.9. The first kappa shape index (κ1) is 20.4. The lowest BCUT2D eigenvalue weighted by Crippen LogP contribution is -2.49. The molecule has 146 valence electrons. The largest absolute Gasteiger partial charge is 0.361 e. The van der Waals surface area contributed by atoms with Gasteiger partial charge in [0.2, 0.25) is 0 Å². The molecule has 1 aliphatic rings. The molecule has 1 aliphatic carbocycles. The topological polar surface area (TPSA) is 139 Å². The van der Waals surface area contributed by atoms with Gasteiger partial charge >= 0.3 is 0 Å². The fraction of sp³-hybridized carbons (Fsp3) is 0.688. The molecular weight excluding hydrogens is 362 g/mol. The molecule has 1 atom stereocenters. The van der Waals surface area contributed by atoms with E-state index in [0.717, 1.165) is 31.9 Å². The van der Waals surface area contributed by atoms with Gasteiger partial charge in [-0.1, -0.05) is 24.4 Å². The lowest BCUT2D eigenvalue weighted by atomic mass is 9.95. The Hall–Kier alpha value is -1.94. The third-order valence-corrected chi connectivity index (χ3v) is 7.01. The zero-order valence-corrected chi connectivity index (χ0v) is 15.8. The molecule has 0 spiro atoms. The van der Waals surface area contributed by atoms with Gasteiger partial charge in [-0.25, -0.2) is 13.9 Å². The summed E-state index contributed by atoms with van der Waals surface area (Å²) in [6.45, 7) is 1.22. The van der Waals surface area contributed by atoms with Gasteiger partial charge < -0.3 is 9.84 Å². The summed E-state index contributed by atoms with van der Waals surface area (Å²) in [6, 6.07) is 1.58. The molecule has 1 aromatic heterocycles. The third kappa shape index (κ3) is 4.61. The highest BCUT2D eigenvalue weighted by atomic mass is 32.2. The highest BCUT2D eigenvalue weighted by molar-refractivity contribution is 7.92. The fourth-order valence-corrected chi connectivity index (χ4v) is 3.85. The first-order chi connectivity index (χ1) is 12.2. The lowest BCUT2D eigenvalue weighted by Gasteiger charge is -2.24. The smallest absolute Gasteiger partial charge is 0.273 e. The first-order valence-electron chi connectivity index (χ1n) is 8.58. The standard InChI is InChI=1S/C16H25N3O6S/c1-16(15(21)18-22,26(2,23)24)9-8-12-10-13(19-25-12)14(20)17-11-6-4-3-5-7-11/h10-11,22H,3-9H2,1-2H3,(H,17,20)(H,18,21). The third-order valence-electron chi connectivity index (χ3n) is 4.98. The Kier molecular flexibility index (Phi) is 6.40. The average Bonchev–Trinajstić information content (AvgIpc) is 3.08. The Morgan fingerprint density at radius 3 is 2.58 bits per heavy atom. The van der Waals surface area contributed by atoms with Crippen molar-refractivity contribution in [1.82, 2.24) is 16.0 Å². The van der Waals surface area contributed by atoms with Crippen LogP contribution in [-0.2, 0) is 21.1 Å². The van der Waals surface area contributed by atoms with Gasteiger partial charge in [0, 0.05) is 24.8 Å². The van der Waals surface area contributed by atoms with Crippen LogP contribution in [0, 0.1) is 0 Å². The second kappa shape index (κ2) is 8.17. The summed E-state index contributed by atoms with van der Waals surface area (Å²) in [5.74, 6) is -1.06. The van der Waals surface area contributed by atoms with E-state index in [1.807, 2.05) is 0 Å². The molecule has 1 saturated carbocycles. The summed E-state index contributed by atoms with van der Waals surface area (Å²) in [5.41, 5.74) is 1.51. The minimum atomic E-state index is -3.79. The number of nitrogens with zero attached hydrogens (tertiary/aromatic N) is 1. The van der Waals surface area contributed by atoms with Crippen LogP contribution in [0.25, 0.3) is 0 Å². The quantitative estimate of drug-likeness (QED) is 0.468. The maximum absolute atomic E-state index is 12.2. The number of hydrogen-bond donors (Lipinski definition) is 3. The number of hydrogen-bond acceptors (Lipinski definition) is 7. The van der Waals surface area contributed by atoms with Crippen molar-refractivity contribution in [2.75, 3.05) is 6.26 Å². The minimum absolute atomic E-state index is 0.0701. The summed E-state index contributed by atoms with van der Waals surface area (Å²) in [5, 5.41) is 15.5. The molecule has 0 aliphatic heterocycles. The Bertz CT molecular complexity index is 754. The molecule has 2 rings (SSSR count). The van der Waals surface area contributed by atoms with Crippen molar-refractivity contribution in [2.45, 2.75) is 62.7 Å². The van der Waals surface area contributed by atoms with Gasteiger partial charge in [0.15, 0.2) is 15.5 Å². The molecule has 1 fully saturated rings. The maximum Gasteiger partial charge on any atom is 0.273 e. The van der Waals surface area contributed by atoms with Crippen molar-refractivity contribution >= 4 is 21.7 Å². The predicted molar refractivity (Wildman–Crippen MR) is 92.3 cm³/mol. The molecule has 0 aromatic carbocycles. The van der Waals surface area contributed by atoms with E-state index in [2.05, 4.69) is 10.5 Å². The fourth-order valence-electron chi connectivity index (χ4n) is 2.99. The van der Waals surface area contributed by atoms with Gasteiger partial charge in [-0.05, 0) is 26.2 Å². The Balaban J connectivity index is 2.00. The number of aromatic nitrogens is 1. The van der Waals surface area contributed by atoms with Gasteiger partial charge in [0.05, 0.1) is 0 Å². The number of rotatable bonds is 7. The molecule has 10 heteroatoms. The van der Waals surface area contributed by atoms with Crippen molar-refractivity contribution in [1.29, 1.82) is 0 Å². The number of carbonyl (C=O) groups is 2. The minimum Gasteiger partial charge on any atom is -0.361 e. The zero-order chi connectivity index (χ0) is 19.4. The van der Waals surface area contributed by atoms with Crippen LogP contribution in [-0.4, -0.2) is 47.6 Å². The lowest BCUT2D eigenvalue weighted by molar-refractivity contribution is -0.131. The summed E-state index contributed by atoms with van der Waals surface area (Å²) in [7, 11) is -3.79. The van der Waals surface area contributed by atoms with E-state index in [4.69, 9.17) is 9.73 Å². The second-order valence-corrected chi connectivity index (χ2v) is 9.38. The Morgan fingerprint density at radius 2 is 2.00 bits per heavy atom. The van der Waals surface area contributed by atoms with Gasteiger partial charge in [0.1, 0.15) is 10.5 Å². The van der Waals surface area contributed by atoms with Crippen LogP contribution < -0.4 is 10.8 Å². The molecule has 1 unspecified atom stereocenters. The summed E-state index contributed by atoms with van der Waals surface area (Å²) in [6.07, 6.45) is 6.11. The molecule has 1 aromatic rings. The molecule has 0 radical (unpaired) electrons. The van der Waals surface area contributed by atoms with E-state index >= 15 is 0 Å². The van der Waals surface area contributed by atoms with Crippen molar-refractivity contribution in [3.05, 3.63) is 17.5 Å². The van der Waals surface area contributed by atoms with Crippen LogP contribution in [0.15, 0.2) is 10.6 Å². The van der Waals surface area contributed by atoms with Crippen LogP contribution >= 0.6 is 0 Å². The number of hydroxylamine groups is 1. The number of nitrogens with one attached hydrogen (secondary N) is 2. The van der Waals surface area contributed by atoms with E-state index in [0.29, 0.717) is 5.76 Å². The molecule has 26 heavy (non-hydrogen) atoms.